The first kappa shape index (κ1) is 12.4. The van der Waals surface area contributed by atoms with Crippen LogP contribution < -0.4 is 11.1 Å². The maximum atomic E-state index is 10.5. The molecule has 0 bridgehead atoms. The molecule has 0 aromatic carbocycles. The van der Waals surface area contributed by atoms with Gasteiger partial charge in [0.25, 0.3) is 0 Å². The Hall–Kier alpha value is -0.690. The number of carbonyl (C=O) groups is 1. The molecule has 1 atom stereocenters. The summed E-state index contributed by atoms with van der Waals surface area (Å²) in [7, 11) is 0. The van der Waals surface area contributed by atoms with Gasteiger partial charge in [-0.2, -0.15) is 0 Å². The fraction of sp³-hybridized carbons (Fsp3) is 0.889. The van der Waals surface area contributed by atoms with Crippen LogP contribution in [-0.4, -0.2) is 54.1 Å². The molecule has 0 radical (unpaired) electrons. The van der Waals surface area contributed by atoms with Crippen LogP contribution in [0.5, 0.6) is 0 Å². The Morgan fingerprint density at radius 2 is 2.13 bits per heavy atom. The van der Waals surface area contributed by atoms with Gasteiger partial charge in [0.15, 0.2) is 0 Å². The van der Waals surface area contributed by atoms with Crippen molar-refractivity contribution in [3.63, 3.8) is 0 Å². The summed E-state index contributed by atoms with van der Waals surface area (Å²) >= 11 is 0. The SMILES string of the molecule is NC(CNC1(CO)CCOCC1)C(=O)O. The zero-order valence-corrected chi connectivity index (χ0v) is 8.61. The van der Waals surface area contributed by atoms with Gasteiger partial charge in [0.1, 0.15) is 6.04 Å². The predicted molar refractivity (Wildman–Crippen MR) is 53.5 cm³/mol. The maximum absolute atomic E-state index is 10.5. The molecule has 1 fully saturated rings. The molecule has 1 unspecified atom stereocenters. The van der Waals surface area contributed by atoms with Crippen molar-refractivity contribution in [1.82, 2.24) is 5.32 Å². The summed E-state index contributed by atoms with van der Waals surface area (Å²) in [5, 5.41) is 20.9. The third-order valence-electron chi connectivity index (χ3n) is 2.77. The number of aliphatic carboxylic acids is 1. The van der Waals surface area contributed by atoms with Crippen molar-refractivity contribution < 1.29 is 19.7 Å². The molecule has 88 valence electrons. The second-order valence-corrected chi connectivity index (χ2v) is 3.88. The second kappa shape index (κ2) is 5.41. The van der Waals surface area contributed by atoms with E-state index < -0.39 is 17.6 Å². The van der Waals surface area contributed by atoms with Crippen LogP contribution in [0.4, 0.5) is 0 Å². The van der Waals surface area contributed by atoms with E-state index in [-0.39, 0.29) is 13.2 Å². The first-order valence-electron chi connectivity index (χ1n) is 5.02. The number of hydrogen-bond acceptors (Lipinski definition) is 5. The molecule has 1 aliphatic heterocycles. The summed E-state index contributed by atoms with van der Waals surface area (Å²) in [6, 6.07) is -0.934. The molecule has 1 heterocycles. The molecule has 0 aliphatic carbocycles. The van der Waals surface area contributed by atoms with Gasteiger partial charge in [-0.05, 0) is 12.8 Å². The van der Waals surface area contributed by atoms with Gasteiger partial charge in [0.05, 0.1) is 6.61 Å². The van der Waals surface area contributed by atoms with Gasteiger partial charge < -0.3 is 26.0 Å². The van der Waals surface area contributed by atoms with Gasteiger partial charge in [0, 0.05) is 25.3 Å². The number of aliphatic hydroxyl groups excluding tert-OH is 1. The first-order chi connectivity index (χ1) is 7.09. The van der Waals surface area contributed by atoms with Crippen LogP contribution in [0, 0.1) is 0 Å². The number of nitrogens with two attached hydrogens (primary N) is 1. The monoisotopic (exact) mass is 218 g/mol. The fourth-order valence-electron chi connectivity index (χ4n) is 1.57. The molecular formula is C9H18N2O4. The van der Waals surface area contributed by atoms with Crippen LogP contribution in [0.1, 0.15) is 12.8 Å². The van der Waals surface area contributed by atoms with Gasteiger partial charge >= 0.3 is 5.97 Å². The molecule has 0 amide bonds. The highest BCUT2D eigenvalue weighted by Gasteiger charge is 2.32. The van der Waals surface area contributed by atoms with E-state index in [1.54, 1.807) is 0 Å². The fourth-order valence-corrected chi connectivity index (χ4v) is 1.57. The normalized spacial score (nSPS) is 22.3. The van der Waals surface area contributed by atoms with Crippen molar-refractivity contribution in [2.75, 3.05) is 26.4 Å². The van der Waals surface area contributed by atoms with Crippen LogP contribution in [0.25, 0.3) is 0 Å². The molecule has 0 spiro atoms. The van der Waals surface area contributed by atoms with E-state index in [1.165, 1.54) is 0 Å². The van der Waals surface area contributed by atoms with Crippen molar-refractivity contribution in [2.45, 2.75) is 24.4 Å². The van der Waals surface area contributed by atoms with E-state index in [0.717, 1.165) is 0 Å². The van der Waals surface area contributed by atoms with Gasteiger partial charge in [-0.15, -0.1) is 0 Å². The summed E-state index contributed by atoms with van der Waals surface area (Å²) in [4.78, 5) is 10.5. The lowest BCUT2D eigenvalue weighted by atomic mass is 9.91. The number of carboxylic acid groups (broad SMARTS) is 1. The van der Waals surface area contributed by atoms with Gasteiger partial charge in [-0.3, -0.25) is 4.79 Å². The molecule has 6 nitrogen and oxygen atoms in total. The third kappa shape index (κ3) is 3.42. The van der Waals surface area contributed by atoms with Crippen LogP contribution in [-0.2, 0) is 9.53 Å². The predicted octanol–water partition coefficient (Wildman–Crippen LogP) is -1.47. The number of rotatable bonds is 5. The van der Waals surface area contributed by atoms with E-state index in [9.17, 15) is 9.90 Å². The molecule has 0 aromatic rings. The highest BCUT2D eigenvalue weighted by atomic mass is 16.5. The molecule has 15 heavy (non-hydrogen) atoms. The highest BCUT2D eigenvalue weighted by molar-refractivity contribution is 5.73. The number of carboxylic acids is 1. The molecule has 1 aliphatic rings. The lowest BCUT2D eigenvalue weighted by Gasteiger charge is -2.37. The largest absolute Gasteiger partial charge is 0.480 e. The van der Waals surface area contributed by atoms with E-state index in [0.29, 0.717) is 26.1 Å². The minimum Gasteiger partial charge on any atom is -0.480 e. The zero-order valence-electron chi connectivity index (χ0n) is 8.61. The highest BCUT2D eigenvalue weighted by Crippen LogP contribution is 2.19. The Bertz CT molecular complexity index is 216. The first-order valence-corrected chi connectivity index (χ1v) is 5.02. The minimum atomic E-state index is -1.04. The summed E-state index contributed by atoms with van der Waals surface area (Å²) in [6.45, 7) is 1.30. The molecule has 6 heteroatoms. The van der Waals surface area contributed by atoms with Crippen LogP contribution in [0.2, 0.25) is 0 Å². The molecule has 5 N–H and O–H groups in total. The topological polar surface area (TPSA) is 105 Å². The van der Waals surface area contributed by atoms with Crippen molar-refractivity contribution in [1.29, 1.82) is 0 Å². The molecule has 0 aromatic heterocycles. The number of nitrogens with one attached hydrogen (secondary N) is 1. The van der Waals surface area contributed by atoms with Crippen molar-refractivity contribution in [3.05, 3.63) is 0 Å². The number of ether oxygens (including phenoxy) is 1. The van der Waals surface area contributed by atoms with E-state index in [2.05, 4.69) is 5.32 Å². The quantitative estimate of drug-likeness (QED) is 0.449. The third-order valence-corrected chi connectivity index (χ3v) is 2.77. The Labute approximate surface area is 88.4 Å². The molecule has 0 saturated carbocycles. The standard InChI is InChI=1S/C9H18N2O4/c10-7(8(13)14)5-11-9(6-12)1-3-15-4-2-9/h7,11-12H,1-6,10H2,(H,13,14). The minimum absolute atomic E-state index is 0.0251. The number of hydrogen-bond donors (Lipinski definition) is 4. The van der Waals surface area contributed by atoms with E-state index in [4.69, 9.17) is 15.6 Å². The molecule has 1 saturated heterocycles. The van der Waals surface area contributed by atoms with Crippen LogP contribution >= 0.6 is 0 Å². The Kier molecular flexibility index (Phi) is 4.46. The molecular weight excluding hydrogens is 200 g/mol. The van der Waals surface area contributed by atoms with Gasteiger partial charge in [-0.25, -0.2) is 0 Å². The van der Waals surface area contributed by atoms with Crippen molar-refractivity contribution >= 4 is 5.97 Å². The summed E-state index contributed by atoms with van der Waals surface area (Å²) in [6.07, 6.45) is 1.35. The Morgan fingerprint density at radius 1 is 1.53 bits per heavy atom. The zero-order chi connectivity index (χ0) is 11.3. The van der Waals surface area contributed by atoms with Gasteiger partial charge in [0.2, 0.25) is 0 Å². The molecule has 1 rings (SSSR count). The van der Waals surface area contributed by atoms with Crippen molar-refractivity contribution in [3.8, 4) is 0 Å². The van der Waals surface area contributed by atoms with Crippen molar-refractivity contribution in [2.24, 2.45) is 5.73 Å². The van der Waals surface area contributed by atoms with E-state index >= 15 is 0 Å². The average Bonchev–Trinajstić information content (AvgIpc) is 2.27. The average molecular weight is 218 g/mol. The summed E-state index contributed by atoms with van der Waals surface area (Å²) in [5.74, 6) is -1.04. The van der Waals surface area contributed by atoms with Gasteiger partial charge in [-0.1, -0.05) is 0 Å². The summed E-state index contributed by atoms with van der Waals surface area (Å²) in [5.41, 5.74) is 4.95. The Morgan fingerprint density at radius 3 is 2.60 bits per heavy atom. The maximum Gasteiger partial charge on any atom is 0.321 e. The lowest BCUT2D eigenvalue weighted by molar-refractivity contribution is -0.138. The lowest BCUT2D eigenvalue weighted by Crippen LogP contribution is -2.56. The van der Waals surface area contributed by atoms with E-state index in [1.807, 2.05) is 0 Å². The second-order valence-electron chi connectivity index (χ2n) is 3.88. The number of aliphatic hydroxyl groups is 1. The van der Waals surface area contributed by atoms with Crippen LogP contribution in [0.3, 0.4) is 0 Å². The van der Waals surface area contributed by atoms with Crippen LogP contribution in [0.15, 0.2) is 0 Å². The smallest absolute Gasteiger partial charge is 0.321 e. The summed E-state index contributed by atoms with van der Waals surface area (Å²) < 4.78 is 5.18. The Balaban J connectivity index is 2.42.